The number of halogens is 1. The van der Waals surface area contributed by atoms with Gasteiger partial charge >= 0.3 is 5.97 Å². The van der Waals surface area contributed by atoms with E-state index in [0.29, 0.717) is 11.3 Å². The van der Waals surface area contributed by atoms with Gasteiger partial charge in [0, 0.05) is 17.8 Å². The normalized spacial score (nSPS) is 14.5. The number of aliphatic hydroxyl groups excluding tert-OH is 1. The van der Waals surface area contributed by atoms with Gasteiger partial charge in [0.25, 0.3) is 0 Å². The second-order valence-electron chi connectivity index (χ2n) is 5.67. The topological polar surface area (TPSA) is 110 Å². The van der Waals surface area contributed by atoms with Gasteiger partial charge in [-0.1, -0.05) is 30.3 Å². The summed E-state index contributed by atoms with van der Waals surface area (Å²) in [7, 11) is 0. The summed E-state index contributed by atoms with van der Waals surface area (Å²) in [6.45, 7) is -0.557. The lowest BCUT2D eigenvalue weighted by Crippen LogP contribution is -2.49. The molecule has 2 rings (SSSR count). The standard InChI is InChI=1S/C18H20ClNO6S/c19-10-17(26-15-4-2-1-3-5-15)16(12-21)20(27(24)25)11-13-6-8-14(9-7-13)18(22)23/h1-9,16-17,21H,10-12H2,(H,22,23)(H,24,25)/p-1/t16-,17+/m1/s1. The number of carbonyl (C=O) groups is 1. The summed E-state index contributed by atoms with van der Waals surface area (Å²) in [6.07, 6.45) is -0.782. The molecular formula is C18H19ClNO6S-. The van der Waals surface area contributed by atoms with Crippen LogP contribution in [0.15, 0.2) is 54.6 Å². The molecule has 0 aromatic heterocycles. The Balaban J connectivity index is 2.20. The maximum Gasteiger partial charge on any atom is 0.335 e. The first-order valence-electron chi connectivity index (χ1n) is 8.03. The van der Waals surface area contributed by atoms with Crippen LogP contribution in [0.1, 0.15) is 15.9 Å². The van der Waals surface area contributed by atoms with Gasteiger partial charge in [0.2, 0.25) is 0 Å². The molecule has 7 nitrogen and oxygen atoms in total. The molecule has 2 N–H and O–H groups in total. The Hall–Kier alpha value is -1.97. The summed E-state index contributed by atoms with van der Waals surface area (Å²) in [5.41, 5.74) is 0.661. The molecule has 27 heavy (non-hydrogen) atoms. The van der Waals surface area contributed by atoms with Crippen molar-refractivity contribution in [1.82, 2.24) is 4.31 Å². The third-order valence-corrected chi connectivity index (χ3v) is 4.99. The summed E-state index contributed by atoms with van der Waals surface area (Å²) in [6, 6.07) is 13.6. The first kappa shape index (κ1) is 21.3. The Morgan fingerprint density at radius 3 is 2.30 bits per heavy atom. The lowest BCUT2D eigenvalue weighted by molar-refractivity contribution is 0.0697. The van der Waals surface area contributed by atoms with Gasteiger partial charge in [-0.25, -0.2) is 9.10 Å². The molecule has 0 aliphatic rings. The fraction of sp³-hybridized carbons (Fsp3) is 0.278. The number of benzene rings is 2. The number of aliphatic hydroxyl groups is 1. The van der Waals surface area contributed by atoms with Gasteiger partial charge in [-0.3, -0.25) is 4.21 Å². The lowest BCUT2D eigenvalue weighted by atomic mass is 10.1. The molecular weight excluding hydrogens is 394 g/mol. The second-order valence-corrected chi connectivity index (χ2v) is 6.88. The number of carboxylic acid groups (broad SMARTS) is 1. The average molecular weight is 413 g/mol. The molecule has 0 aliphatic carbocycles. The molecule has 0 amide bonds. The van der Waals surface area contributed by atoms with Gasteiger partial charge in [-0.05, 0) is 29.8 Å². The van der Waals surface area contributed by atoms with Gasteiger partial charge in [-0.2, -0.15) is 0 Å². The summed E-state index contributed by atoms with van der Waals surface area (Å²) >= 11 is 3.31. The number of carboxylic acids is 1. The highest BCUT2D eigenvalue weighted by Crippen LogP contribution is 2.19. The van der Waals surface area contributed by atoms with Crippen molar-refractivity contribution in [2.45, 2.75) is 18.7 Å². The molecule has 0 radical (unpaired) electrons. The lowest BCUT2D eigenvalue weighted by Gasteiger charge is -2.36. The minimum atomic E-state index is -2.66. The van der Waals surface area contributed by atoms with Crippen LogP contribution in [0.25, 0.3) is 0 Å². The molecule has 0 spiro atoms. The highest BCUT2D eigenvalue weighted by Gasteiger charge is 2.29. The molecule has 2 aromatic rings. The zero-order valence-electron chi connectivity index (χ0n) is 14.2. The largest absolute Gasteiger partial charge is 0.760 e. The van der Waals surface area contributed by atoms with Crippen LogP contribution in [-0.4, -0.2) is 53.9 Å². The van der Waals surface area contributed by atoms with Crippen LogP contribution in [0.4, 0.5) is 0 Å². The molecule has 0 saturated carbocycles. The maximum atomic E-state index is 11.8. The average Bonchev–Trinajstić information content (AvgIpc) is 2.67. The van der Waals surface area contributed by atoms with Crippen LogP contribution in [-0.2, 0) is 17.8 Å². The molecule has 1 unspecified atom stereocenters. The van der Waals surface area contributed by atoms with Gasteiger partial charge in [-0.15, -0.1) is 11.6 Å². The first-order chi connectivity index (χ1) is 13.0. The van der Waals surface area contributed by atoms with Gasteiger partial charge < -0.3 is 19.5 Å². The zero-order chi connectivity index (χ0) is 19.8. The second kappa shape index (κ2) is 10.4. The monoisotopic (exact) mass is 412 g/mol. The van der Waals surface area contributed by atoms with Crippen molar-refractivity contribution >= 4 is 28.8 Å². The summed E-state index contributed by atoms with van der Waals surface area (Å²) in [4.78, 5) is 10.9. The quantitative estimate of drug-likeness (QED) is 0.456. The van der Waals surface area contributed by atoms with E-state index in [1.54, 1.807) is 24.3 Å². The van der Waals surface area contributed by atoms with E-state index in [1.165, 1.54) is 24.3 Å². The van der Waals surface area contributed by atoms with Crippen LogP contribution < -0.4 is 4.74 Å². The summed E-state index contributed by atoms with van der Waals surface area (Å²) in [5, 5.41) is 18.7. The molecule has 146 valence electrons. The number of nitrogens with zero attached hydrogens (tertiary/aromatic N) is 1. The number of alkyl halides is 1. The molecule has 0 fully saturated rings. The van der Waals surface area contributed by atoms with E-state index in [-0.39, 0.29) is 18.0 Å². The maximum absolute atomic E-state index is 11.8. The highest BCUT2D eigenvalue weighted by molar-refractivity contribution is 7.76. The van der Waals surface area contributed by atoms with Gasteiger partial charge in [0.15, 0.2) is 0 Å². The van der Waals surface area contributed by atoms with Crippen LogP contribution in [0.2, 0.25) is 0 Å². The first-order valence-corrected chi connectivity index (χ1v) is 9.59. The highest BCUT2D eigenvalue weighted by atomic mass is 35.5. The van der Waals surface area contributed by atoms with Crippen molar-refractivity contribution in [3.8, 4) is 5.75 Å². The molecule has 0 heterocycles. The van der Waals surface area contributed by atoms with Crippen LogP contribution in [0.5, 0.6) is 5.75 Å². The number of ether oxygens (including phenoxy) is 1. The van der Waals surface area contributed by atoms with Crippen molar-refractivity contribution < 1.29 is 28.5 Å². The van der Waals surface area contributed by atoms with Gasteiger partial charge in [0.05, 0.1) is 24.1 Å². The number of hydrogen-bond donors (Lipinski definition) is 2. The third-order valence-electron chi connectivity index (χ3n) is 3.90. The van der Waals surface area contributed by atoms with E-state index in [9.17, 15) is 18.7 Å². The van der Waals surface area contributed by atoms with E-state index in [0.717, 1.165) is 4.31 Å². The van der Waals surface area contributed by atoms with E-state index in [2.05, 4.69) is 0 Å². The van der Waals surface area contributed by atoms with Gasteiger partial charge in [0.1, 0.15) is 11.9 Å². The van der Waals surface area contributed by atoms with E-state index < -0.39 is 36.0 Å². The molecule has 0 aliphatic heterocycles. The molecule has 9 heteroatoms. The Labute approximate surface area is 164 Å². The van der Waals surface area contributed by atoms with Crippen molar-refractivity contribution in [2.75, 3.05) is 12.5 Å². The smallest absolute Gasteiger partial charge is 0.335 e. The Morgan fingerprint density at radius 1 is 1.19 bits per heavy atom. The van der Waals surface area contributed by atoms with E-state index in [1.807, 2.05) is 6.07 Å². The predicted molar refractivity (Wildman–Crippen MR) is 100 cm³/mol. The Morgan fingerprint density at radius 2 is 1.81 bits per heavy atom. The molecule has 2 aromatic carbocycles. The van der Waals surface area contributed by atoms with E-state index in [4.69, 9.17) is 21.4 Å². The SMILES string of the molecule is O=C(O)c1ccc(CN([C@H](CO)[C@H](CCl)Oc2ccccc2)S(=O)[O-])cc1. The fourth-order valence-corrected chi connectivity index (χ4v) is 3.44. The van der Waals surface area contributed by atoms with Crippen molar-refractivity contribution in [3.63, 3.8) is 0 Å². The number of aromatic carboxylic acids is 1. The van der Waals surface area contributed by atoms with Crippen LogP contribution >= 0.6 is 11.6 Å². The third kappa shape index (κ3) is 6.02. The predicted octanol–water partition coefficient (Wildman–Crippen LogP) is 2.03. The van der Waals surface area contributed by atoms with Crippen molar-refractivity contribution in [2.24, 2.45) is 0 Å². The number of rotatable bonds is 10. The van der Waals surface area contributed by atoms with Crippen molar-refractivity contribution in [3.05, 3.63) is 65.7 Å². The molecule has 0 saturated heterocycles. The van der Waals surface area contributed by atoms with Crippen LogP contribution in [0, 0.1) is 0 Å². The molecule has 0 bridgehead atoms. The number of para-hydroxylation sites is 1. The van der Waals surface area contributed by atoms with Crippen LogP contribution in [0.3, 0.4) is 0 Å². The zero-order valence-corrected chi connectivity index (χ0v) is 15.8. The number of hydrogen-bond acceptors (Lipinski definition) is 5. The Kier molecular flexibility index (Phi) is 8.21. The minimum Gasteiger partial charge on any atom is -0.760 e. The minimum absolute atomic E-state index is 0.0359. The van der Waals surface area contributed by atoms with E-state index >= 15 is 0 Å². The fourth-order valence-electron chi connectivity index (χ4n) is 2.49. The van der Waals surface area contributed by atoms with Crippen molar-refractivity contribution in [1.29, 1.82) is 0 Å². The summed E-state index contributed by atoms with van der Waals surface area (Å²) in [5.74, 6) is -0.604. The Bertz CT molecular complexity index is 758. The summed E-state index contributed by atoms with van der Waals surface area (Å²) < 4.78 is 30.3. The molecule has 3 atom stereocenters.